The molecule has 3 aromatic rings. The van der Waals surface area contributed by atoms with Crippen molar-refractivity contribution in [3.63, 3.8) is 0 Å². The molecule has 5 rings (SSSR count). The number of benzene rings is 3. The van der Waals surface area contributed by atoms with E-state index >= 15 is 0 Å². The van der Waals surface area contributed by atoms with E-state index in [1.165, 1.54) is 19.1 Å². The quantitative estimate of drug-likeness (QED) is 0.420. The maximum absolute atomic E-state index is 13.5. The standard InChI is InChI=1S/C29H26N2O8/c1-16-25(27(34)35)31(29(37)39-16)26(33)24(14-17-10-12-18(32)13-11-17)30-28(36)38-15-23-21-8-4-2-6-19(21)20-7-3-5-9-22(20)23/h2-13,16,23-25,32H,14-15H2,1H3,(H,30,36)(H,34,35)/t16-,24-,25+/m0/s1. The second-order valence-electron chi connectivity index (χ2n) is 9.47. The van der Waals surface area contributed by atoms with E-state index < -0.39 is 42.3 Å². The maximum Gasteiger partial charge on any atom is 0.417 e. The Labute approximate surface area is 223 Å². The summed E-state index contributed by atoms with van der Waals surface area (Å²) in [6.07, 6.45) is -3.16. The van der Waals surface area contributed by atoms with Crippen LogP contribution in [0, 0.1) is 0 Å². The number of alkyl carbamates (subject to hydrolysis) is 1. The Bertz CT molecular complexity index is 1390. The number of cyclic esters (lactones) is 1. The van der Waals surface area contributed by atoms with Crippen LogP contribution >= 0.6 is 0 Å². The summed E-state index contributed by atoms with van der Waals surface area (Å²) in [4.78, 5) is 51.2. The number of ether oxygens (including phenoxy) is 2. The lowest BCUT2D eigenvalue weighted by atomic mass is 9.98. The molecule has 10 nitrogen and oxygen atoms in total. The summed E-state index contributed by atoms with van der Waals surface area (Å²) in [6, 6.07) is 18.7. The Balaban J connectivity index is 1.35. The van der Waals surface area contributed by atoms with Gasteiger partial charge in [-0.25, -0.2) is 19.3 Å². The minimum absolute atomic E-state index is 0.000517. The van der Waals surface area contributed by atoms with E-state index in [0.29, 0.717) is 10.5 Å². The zero-order valence-corrected chi connectivity index (χ0v) is 20.9. The summed E-state index contributed by atoms with van der Waals surface area (Å²) >= 11 is 0. The number of aromatic hydroxyl groups is 1. The molecule has 39 heavy (non-hydrogen) atoms. The molecule has 0 unspecified atom stereocenters. The Hall–Kier alpha value is -4.86. The zero-order chi connectivity index (χ0) is 27.7. The van der Waals surface area contributed by atoms with Gasteiger partial charge in [0, 0.05) is 12.3 Å². The molecule has 0 aromatic heterocycles. The summed E-state index contributed by atoms with van der Waals surface area (Å²) < 4.78 is 10.5. The number of carbonyl (C=O) groups is 4. The average Bonchev–Trinajstić information content (AvgIpc) is 3.41. The normalized spacial score (nSPS) is 18.6. The molecule has 1 fully saturated rings. The average molecular weight is 531 g/mol. The van der Waals surface area contributed by atoms with Gasteiger partial charge in [0.25, 0.3) is 5.91 Å². The molecule has 3 aromatic carbocycles. The fourth-order valence-electron chi connectivity index (χ4n) is 5.16. The first kappa shape index (κ1) is 25.8. The molecule has 10 heteroatoms. The van der Waals surface area contributed by atoms with Gasteiger partial charge < -0.3 is 25.0 Å². The summed E-state index contributed by atoms with van der Waals surface area (Å²) in [5.41, 5.74) is 4.70. The van der Waals surface area contributed by atoms with Crippen LogP contribution in [-0.4, -0.2) is 64.0 Å². The van der Waals surface area contributed by atoms with E-state index in [1.807, 2.05) is 48.5 Å². The van der Waals surface area contributed by atoms with Crippen molar-refractivity contribution in [1.82, 2.24) is 10.2 Å². The van der Waals surface area contributed by atoms with Crippen molar-refractivity contribution in [2.45, 2.75) is 37.5 Å². The predicted octanol–water partition coefficient (Wildman–Crippen LogP) is 3.66. The zero-order valence-electron chi connectivity index (χ0n) is 20.9. The summed E-state index contributed by atoms with van der Waals surface area (Å²) in [6.45, 7) is 1.37. The molecule has 0 saturated carbocycles. The fourth-order valence-corrected chi connectivity index (χ4v) is 5.16. The number of hydrogen-bond donors (Lipinski definition) is 3. The topological polar surface area (TPSA) is 142 Å². The number of phenols is 1. The molecule has 3 amide bonds. The molecule has 200 valence electrons. The molecule has 0 spiro atoms. The van der Waals surface area contributed by atoms with Crippen molar-refractivity contribution in [2.75, 3.05) is 6.61 Å². The molecule has 0 radical (unpaired) electrons. The van der Waals surface area contributed by atoms with Gasteiger partial charge in [0.1, 0.15) is 24.5 Å². The van der Waals surface area contributed by atoms with Gasteiger partial charge in [0.15, 0.2) is 6.04 Å². The number of aliphatic carboxylic acids is 1. The first-order chi connectivity index (χ1) is 18.7. The summed E-state index contributed by atoms with van der Waals surface area (Å²) in [5, 5.41) is 21.7. The third-order valence-electron chi connectivity index (χ3n) is 7.01. The van der Waals surface area contributed by atoms with Crippen LogP contribution in [0.4, 0.5) is 9.59 Å². The van der Waals surface area contributed by atoms with Gasteiger partial charge in [-0.05, 0) is 46.9 Å². The van der Waals surface area contributed by atoms with Gasteiger partial charge in [-0.2, -0.15) is 0 Å². The van der Waals surface area contributed by atoms with E-state index in [1.54, 1.807) is 12.1 Å². The number of hydrogen-bond acceptors (Lipinski definition) is 7. The third kappa shape index (κ3) is 5.00. The van der Waals surface area contributed by atoms with Crippen molar-refractivity contribution in [1.29, 1.82) is 0 Å². The highest BCUT2D eigenvalue weighted by Gasteiger charge is 2.49. The van der Waals surface area contributed by atoms with Crippen molar-refractivity contribution in [3.8, 4) is 16.9 Å². The number of rotatable bonds is 7. The number of fused-ring (bicyclic) bond motifs is 3. The highest BCUT2D eigenvalue weighted by Crippen LogP contribution is 2.44. The van der Waals surface area contributed by atoms with Crippen LogP contribution in [0.2, 0.25) is 0 Å². The van der Waals surface area contributed by atoms with E-state index in [4.69, 9.17) is 9.47 Å². The molecule has 3 atom stereocenters. The molecule has 2 aliphatic rings. The lowest BCUT2D eigenvalue weighted by molar-refractivity contribution is -0.147. The molecule has 3 N–H and O–H groups in total. The highest BCUT2D eigenvalue weighted by atomic mass is 16.6. The fraction of sp³-hybridized carbons (Fsp3) is 0.241. The molecule has 1 aliphatic heterocycles. The third-order valence-corrected chi connectivity index (χ3v) is 7.01. The van der Waals surface area contributed by atoms with Crippen molar-refractivity contribution in [2.24, 2.45) is 0 Å². The van der Waals surface area contributed by atoms with Crippen LogP contribution in [0.3, 0.4) is 0 Å². The van der Waals surface area contributed by atoms with Gasteiger partial charge >= 0.3 is 18.2 Å². The molecule has 1 heterocycles. The van der Waals surface area contributed by atoms with Gasteiger partial charge in [-0.15, -0.1) is 0 Å². The Morgan fingerprint density at radius 3 is 2.15 bits per heavy atom. The van der Waals surface area contributed by atoms with Gasteiger partial charge in [-0.1, -0.05) is 60.7 Å². The molecule has 1 aliphatic carbocycles. The Kier molecular flexibility index (Phi) is 6.93. The summed E-state index contributed by atoms with van der Waals surface area (Å²) in [5.74, 6) is -2.56. The number of nitrogens with one attached hydrogen (secondary N) is 1. The van der Waals surface area contributed by atoms with E-state index in [0.717, 1.165) is 22.3 Å². The van der Waals surface area contributed by atoms with Crippen LogP contribution < -0.4 is 5.32 Å². The first-order valence-electron chi connectivity index (χ1n) is 12.4. The second kappa shape index (κ2) is 10.5. The number of imide groups is 1. The number of carboxylic acids is 1. The summed E-state index contributed by atoms with van der Waals surface area (Å²) in [7, 11) is 0. The SMILES string of the molecule is C[C@@H]1OC(=O)N(C(=O)[C@H](Cc2ccc(O)cc2)NC(=O)OCC2c3ccccc3-c3ccccc32)[C@H]1C(=O)O. The minimum atomic E-state index is -1.54. The van der Waals surface area contributed by atoms with Gasteiger partial charge in [-0.3, -0.25) is 4.79 Å². The molecular weight excluding hydrogens is 504 g/mol. The van der Waals surface area contributed by atoms with Crippen LogP contribution in [0.5, 0.6) is 5.75 Å². The molecule has 0 bridgehead atoms. The van der Waals surface area contributed by atoms with Crippen LogP contribution in [0.1, 0.15) is 29.5 Å². The predicted molar refractivity (Wildman–Crippen MR) is 138 cm³/mol. The van der Waals surface area contributed by atoms with E-state index in [2.05, 4.69) is 5.32 Å². The van der Waals surface area contributed by atoms with E-state index in [-0.39, 0.29) is 24.7 Å². The van der Waals surface area contributed by atoms with Crippen LogP contribution in [0.25, 0.3) is 11.1 Å². The molecular formula is C29H26N2O8. The van der Waals surface area contributed by atoms with Crippen LogP contribution in [0.15, 0.2) is 72.8 Å². The lowest BCUT2D eigenvalue weighted by Gasteiger charge is -2.25. The number of carboxylic acid groups (broad SMARTS) is 1. The first-order valence-corrected chi connectivity index (χ1v) is 12.4. The van der Waals surface area contributed by atoms with Crippen LogP contribution in [-0.2, 0) is 25.5 Å². The van der Waals surface area contributed by atoms with Crippen molar-refractivity contribution < 1.29 is 38.9 Å². The van der Waals surface area contributed by atoms with Gasteiger partial charge in [0.2, 0.25) is 0 Å². The monoisotopic (exact) mass is 530 g/mol. The smallest absolute Gasteiger partial charge is 0.417 e. The molecule has 1 saturated heterocycles. The maximum atomic E-state index is 13.5. The largest absolute Gasteiger partial charge is 0.508 e. The number of phenolic OH excluding ortho intramolecular Hbond substituents is 1. The Morgan fingerprint density at radius 1 is 0.974 bits per heavy atom. The van der Waals surface area contributed by atoms with E-state index in [9.17, 15) is 29.4 Å². The second-order valence-corrected chi connectivity index (χ2v) is 9.47. The van der Waals surface area contributed by atoms with Crippen molar-refractivity contribution in [3.05, 3.63) is 89.5 Å². The minimum Gasteiger partial charge on any atom is -0.508 e. The lowest BCUT2D eigenvalue weighted by Crippen LogP contribution is -2.55. The van der Waals surface area contributed by atoms with Crippen molar-refractivity contribution >= 4 is 24.1 Å². The number of amides is 3. The van der Waals surface area contributed by atoms with Gasteiger partial charge in [0.05, 0.1) is 0 Å². The number of nitrogens with zero attached hydrogens (tertiary/aromatic N) is 1. The highest BCUT2D eigenvalue weighted by molar-refractivity contribution is 6.01. The number of carbonyl (C=O) groups excluding carboxylic acids is 3. The Morgan fingerprint density at radius 2 is 1.56 bits per heavy atom.